The van der Waals surface area contributed by atoms with Gasteiger partial charge in [0.25, 0.3) is 0 Å². The van der Waals surface area contributed by atoms with Crippen molar-refractivity contribution in [2.24, 2.45) is 5.73 Å². The first kappa shape index (κ1) is 12.2. The molecular weight excluding hydrogens is 208 g/mol. The van der Waals surface area contributed by atoms with Crippen molar-refractivity contribution in [2.45, 2.75) is 39.7 Å². The monoisotopic (exact) mass is 230 g/mol. The molecule has 2 heteroatoms. The summed E-state index contributed by atoms with van der Waals surface area (Å²) in [6.07, 6.45) is 2.27. The Morgan fingerprint density at radius 3 is 2.53 bits per heavy atom. The maximum atomic E-state index is 5.81. The van der Waals surface area contributed by atoms with E-state index in [9.17, 15) is 0 Å². The maximum absolute atomic E-state index is 5.81. The van der Waals surface area contributed by atoms with Gasteiger partial charge in [0.15, 0.2) is 0 Å². The van der Waals surface area contributed by atoms with Crippen LogP contribution in [0.15, 0.2) is 24.4 Å². The van der Waals surface area contributed by atoms with Crippen LogP contribution in [-0.2, 0) is 0 Å². The average molecular weight is 230 g/mol. The van der Waals surface area contributed by atoms with E-state index in [0.717, 1.165) is 0 Å². The Kier molecular flexibility index (Phi) is 3.25. The normalized spacial score (nSPS) is 13.5. The van der Waals surface area contributed by atoms with Gasteiger partial charge >= 0.3 is 0 Å². The summed E-state index contributed by atoms with van der Waals surface area (Å²) in [4.78, 5) is 0. The molecule has 0 saturated carbocycles. The second kappa shape index (κ2) is 4.53. The predicted molar refractivity (Wildman–Crippen MR) is 74.5 cm³/mol. The molecule has 2 rings (SSSR count). The standard InChI is InChI=1S/C15H22N2/c1-10(2)17-9-14(12(4)8-16)13-7-11(3)5-6-15(13)17/h5-7,9-10,12H,8,16H2,1-4H3. The van der Waals surface area contributed by atoms with Crippen LogP contribution >= 0.6 is 0 Å². The summed E-state index contributed by atoms with van der Waals surface area (Å²) in [7, 11) is 0. The molecule has 0 bridgehead atoms. The fraction of sp³-hybridized carbons (Fsp3) is 0.467. The Hall–Kier alpha value is -1.28. The van der Waals surface area contributed by atoms with E-state index in [-0.39, 0.29) is 0 Å². The van der Waals surface area contributed by atoms with Crippen LogP contribution in [0.3, 0.4) is 0 Å². The largest absolute Gasteiger partial charge is 0.345 e. The summed E-state index contributed by atoms with van der Waals surface area (Å²) in [5.41, 5.74) is 9.81. The number of benzene rings is 1. The average Bonchev–Trinajstić information content (AvgIpc) is 2.66. The van der Waals surface area contributed by atoms with Gasteiger partial charge in [-0.3, -0.25) is 0 Å². The van der Waals surface area contributed by atoms with Gasteiger partial charge in [-0.2, -0.15) is 0 Å². The molecule has 0 amide bonds. The van der Waals surface area contributed by atoms with Crippen molar-refractivity contribution in [1.82, 2.24) is 4.57 Å². The third kappa shape index (κ3) is 2.09. The molecule has 92 valence electrons. The third-order valence-electron chi connectivity index (χ3n) is 3.46. The minimum atomic E-state index is 0.416. The molecule has 0 saturated heterocycles. The van der Waals surface area contributed by atoms with Crippen LogP contribution in [0.25, 0.3) is 10.9 Å². The van der Waals surface area contributed by atoms with Gasteiger partial charge < -0.3 is 10.3 Å². The molecule has 0 aliphatic heterocycles. The van der Waals surface area contributed by atoms with E-state index in [2.05, 4.69) is 56.7 Å². The van der Waals surface area contributed by atoms with Gasteiger partial charge in [-0.25, -0.2) is 0 Å². The highest BCUT2D eigenvalue weighted by Crippen LogP contribution is 2.30. The number of hydrogen-bond acceptors (Lipinski definition) is 1. The highest BCUT2D eigenvalue weighted by atomic mass is 15.0. The zero-order chi connectivity index (χ0) is 12.6. The molecule has 2 nitrogen and oxygen atoms in total. The van der Waals surface area contributed by atoms with Crippen molar-refractivity contribution in [3.8, 4) is 0 Å². The lowest BCUT2D eigenvalue weighted by Gasteiger charge is -2.09. The number of nitrogens with zero attached hydrogens (tertiary/aromatic N) is 1. The maximum Gasteiger partial charge on any atom is 0.0485 e. The van der Waals surface area contributed by atoms with Gasteiger partial charge in [0, 0.05) is 23.1 Å². The zero-order valence-electron chi connectivity index (χ0n) is 11.2. The first-order chi connectivity index (χ1) is 8.04. The predicted octanol–water partition coefficient (Wildman–Crippen LogP) is 3.59. The topological polar surface area (TPSA) is 30.9 Å². The van der Waals surface area contributed by atoms with Gasteiger partial charge in [0.2, 0.25) is 0 Å². The van der Waals surface area contributed by atoms with Crippen LogP contribution in [0, 0.1) is 6.92 Å². The molecule has 1 heterocycles. The van der Waals surface area contributed by atoms with Crippen LogP contribution in [0.5, 0.6) is 0 Å². The van der Waals surface area contributed by atoms with Crippen molar-refractivity contribution < 1.29 is 0 Å². The van der Waals surface area contributed by atoms with E-state index in [1.165, 1.54) is 22.0 Å². The molecule has 2 N–H and O–H groups in total. The summed E-state index contributed by atoms with van der Waals surface area (Å²) in [6.45, 7) is 9.47. The zero-order valence-corrected chi connectivity index (χ0v) is 11.2. The summed E-state index contributed by atoms with van der Waals surface area (Å²) < 4.78 is 2.34. The Morgan fingerprint density at radius 1 is 1.24 bits per heavy atom. The number of hydrogen-bond donors (Lipinski definition) is 1. The Labute approximate surface area is 103 Å². The van der Waals surface area contributed by atoms with Crippen LogP contribution in [-0.4, -0.2) is 11.1 Å². The van der Waals surface area contributed by atoms with Gasteiger partial charge in [-0.15, -0.1) is 0 Å². The minimum absolute atomic E-state index is 0.416. The number of fused-ring (bicyclic) bond motifs is 1. The lowest BCUT2D eigenvalue weighted by Crippen LogP contribution is -2.08. The van der Waals surface area contributed by atoms with E-state index in [0.29, 0.717) is 18.5 Å². The van der Waals surface area contributed by atoms with Crippen LogP contribution in [0.1, 0.15) is 43.9 Å². The Morgan fingerprint density at radius 2 is 1.94 bits per heavy atom. The molecule has 0 aliphatic rings. The lowest BCUT2D eigenvalue weighted by molar-refractivity contribution is 0.618. The highest BCUT2D eigenvalue weighted by Gasteiger charge is 2.14. The summed E-state index contributed by atoms with van der Waals surface area (Å²) in [6, 6.07) is 7.16. The first-order valence-electron chi connectivity index (χ1n) is 6.35. The lowest BCUT2D eigenvalue weighted by atomic mass is 10.00. The Balaban J connectivity index is 2.71. The van der Waals surface area contributed by atoms with E-state index in [4.69, 9.17) is 5.73 Å². The van der Waals surface area contributed by atoms with Crippen molar-refractivity contribution in [3.05, 3.63) is 35.5 Å². The molecule has 1 aromatic heterocycles. The number of aromatic nitrogens is 1. The molecule has 2 aromatic rings. The molecule has 1 atom stereocenters. The van der Waals surface area contributed by atoms with Crippen molar-refractivity contribution in [1.29, 1.82) is 0 Å². The molecule has 0 fully saturated rings. The fourth-order valence-corrected chi connectivity index (χ4v) is 2.34. The van der Waals surface area contributed by atoms with Crippen LogP contribution in [0.4, 0.5) is 0 Å². The minimum Gasteiger partial charge on any atom is -0.345 e. The number of rotatable bonds is 3. The highest BCUT2D eigenvalue weighted by molar-refractivity contribution is 5.85. The summed E-state index contributed by atoms with van der Waals surface area (Å²) >= 11 is 0. The van der Waals surface area contributed by atoms with Crippen molar-refractivity contribution in [2.75, 3.05) is 6.54 Å². The number of nitrogens with two attached hydrogens (primary N) is 1. The SMILES string of the molecule is Cc1ccc2c(c1)c(C(C)CN)cn2C(C)C. The Bertz CT molecular complexity index is 523. The molecule has 0 spiro atoms. The van der Waals surface area contributed by atoms with E-state index < -0.39 is 0 Å². The van der Waals surface area contributed by atoms with E-state index in [1.54, 1.807) is 0 Å². The summed E-state index contributed by atoms with van der Waals surface area (Å²) in [5.74, 6) is 0.416. The van der Waals surface area contributed by atoms with Crippen LogP contribution in [0.2, 0.25) is 0 Å². The van der Waals surface area contributed by atoms with Gasteiger partial charge in [0.1, 0.15) is 0 Å². The van der Waals surface area contributed by atoms with Crippen molar-refractivity contribution in [3.63, 3.8) is 0 Å². The van der Waals surface area contributed by atoms with Gasteiger partial charge in [-0.05, 0) is 50.9 Å². The molecule has 1 unspecified atom stereocenters. The molecule has 17 heavy (non-hydrogen) atoms. The fourth-order valence-electron chi connectivity index (χ4n) is 2.34. The van der Waals surface area contributed by atoms with Gasteiger partial charge in [-0.1, -0.05) is 18.6 Å². The number of aryl methyl sites for hydroxylation is 1. The second-order valence-electron chi connectivity index (χ2n) is 5.24. The molecule has 1 aromatic carbocycles. The van der Waals surface area contributed by atoms with Crippen molar-refractivity contribution >= 4 is 10.9 Å². The smallest absolute Gasteiger partial charge is 0.0485 e. The van der Waals surface area contributed by atoms with Gasteiger partial charge in [0.05, 0.1) is 0 Å². The molecule has 0 radical (unpaired) electrons. The van der Waals surface area contributed by atoms with E-state index >= 15 is 0 Å². The third-order valence-corrected chi connectivity index (χ3v) is 3.46. The first-order valence-corrected chi connectivity index (χ1v) is 6.35. The van der Waals surface area contributed by atoms with E-state index in [1.807, 2.05) is 0 Å². The molecular formula is C15H22N2. The summed E-state index contributed by atoms with van der Waals surface area (Å²) in [5, 5.41) is 1.36. The van der Waals surface area contributed by atoms with Crippen LogP contribution < -0.4 is 5.73 Å². The second-order valence-corrected chi connectivity index (χ2v) is 5.24. The quantitative estimate of drug-likeness (QED) is 0.858. The molecule has 0 aliphatic carbocycles.